The number of aromatic nitrogens is 2. The lowest BCUT2D eigenvalue weighted by Crippen LogP contribution is -2.37. The Hall–Kier alpha value is -4.06. The lowest BCUT2D eigenvalue weighted by atomic mass is 10.0. The number of fused-ring (bicyclic) bond motifs is 1. The van der Waals surface area contributed by atoms with Crippen LogP contribution in [0, 0.1) is 0 Å². The third kappa shape index (κ3) is 7.73. The van der Waals surface area contributed by atoms with E-state index in [0.29, 0.717) is 42.2 Å². The van der Waals surface area contributed by atoms with Crippen LogP contribution in [0.5, 0.6) is 0 Å². The molecule has 0 bridgehead atoms. The zero-order valence-corrected chi connectivity index (χ0v) is 22.2. The molecule has 0 radical (unpaired) electrons. The average Bonchev–Trinajstić information content (AvgIpc) is 3.58. The summed E-state index contributed by atoms with van der Waals surface area (Å²) in [6, 6.07) is 14.5. The molecule has 0 spiro atoms. The first-order valence-electron chi connectivity index (χ1n) is 12.8. The smallest absolute Gasteiger partial charge is 0.243 e. The monoisotopic (exact) mass is 548 g/mol. The lowest BCUT2D eigenvalue weighted by Gasteiger charge is -2.14. The van der Waals surface area contributed by atoms with Crippen molar-refractivity contribution < 1.29 is 19.6 Å². The fraction of sp³-hybridized carbons (Fsp3) is 0.286. The molecular formula is C28H32N6O4S. The zero-order valence-electron chi connectivity index (χ0n) is 21.4. The van der Waals surface area contributed by atoms with E-state index < -0.39 is 11.9 Å². The van der Waals surface area contributed by atoms with Crippen LogP contribution in [0.3, 0.4) is 0 Å². The largest absolute Gasteiger partial charge is 0.361 e. The predicted octanol–water partition coefficient (Wildman–Crippen LogP) is 4.58. The zero-order chi connectivity index (χ0) is 27.6. The van der Waals surface area contributed by atoms with Crippen LogP contribution in [0.15, 0.2) is 60.1 Å². The third-order valence-corrected chi connectivity index (χ3v) is 7.10. The minimum absolute atomic E-state index is 0.131. The van der Waals surface area contributed by atoms with Gasteiger partial charge in [-0.15, -0.1) is 11.3 Å². The summed E-state index contributed by atoms with van der Waals surface area (Å²) >= 11 is 1.31. The van der Waals surface area contributed by atoms with E-state index in [1.165, 1.54) is 11.3 Å². The number of rotatable bonds is 13. The van der Waals surface area contributed by atoms with E-state index in [4.69, 9.17) is 10.9 Å². The molecule has 204 valence electrons. The van der Waals surface area contributed by atoms with Crippen molar-refractivity contribution in [1.29, 1.82) is 0 Å². The van der Waals surface area contributed by atoms with Crippen molar-refractivity contribution in [3.05, 3.63) is 65.7 Å². The highest BCUT2D eigenvalue weighted by Gasteiger charge is 2.19. The van der Waals surface area contributed by atoms with E-state index in [1.54, 1.807) is 11.5 Å². The fourth-order valence-electron chi connectivity index (χ4n) is 4.29. The molecule has 1 atom stereocenters. The summed E-state index contributed by atoms with van der Waals surface area (Å²) in [5.74, 6) is -0.830. The SMILES string of the molecule is N[C@H](Cc1c[nH]c2ccccc12)C(=O)Nc1ccccc1-c1csc(NC(=O)CCCCCCC(=O)NO)n1. The van der Waals surface area contributed by atoms with Gasteiger partial charge in [-0.2, -0.15) is 0 Å². The van der Waals surface area contributed by atoms with Crippen molar-refractivity contribution in [1.82, 2.24) is 15.4 Å². The van der Waals surface area contributed by atoms with Gasteiger partial charge in [0.2, 0.25) is 17.7 Å². The average molecular weight is 549 g/mol. The molecular weight excluding hydrogens is 516 g/mol. The first kappa shape index (κ1) is 28.0. The number of carbonyl (C=O) groups excluding carboxylic acids is 3. The van der Waals surface area contributed by atoms with Gasteiger partial charge < -0.3 is 21.4 Å². The van der Waals surface area contributed by atoms with Gasteiger partial charge >= 0.3 is 0 Å². The molecule has 0 aliphatic rings. The van der Waals surface area contributed by atoms with Crippen LogP contribution in [-0.2, 0) is 20.8 Å². The molecule has 0 aliphatic heterocycles. The van der Waals surface area contributed by atoms with Gasteiger partial charge in [-0.3, -0.25) is 19.6 Å². The van der Waals surface area contributed by atoms with Crippen molar-refractivity contribution in [3.8, 4) is 11.3 Å². The fourth-order valence-corrected chi connectivity index (χ4v) is 5.01. The highest BCUT2D eigenvalue weighted by Crippen LogP contribution is 2.31. The minimum Gasteiger partial charge on any atom is -0.361 e. The Kier molecular flexibility index (Phi) is 9.79. The molecule has 0 fully saturated rings. The Labute approximate surface area is 230 Å². The van der Waals surface area contributed by atoms with Gasteiger partial charge in [-0.05, 0) is 37.0 Å². The standard InChI is InChI=1S/C28H32N6O4S/c29-21(15-18-16-30-22-11-7-5-9-19(18)22)27(37)31-23-12-8-6-10-20(23)24-17-39-28(32-24)33-25(35)13-3-1-2-4-14-26(36)34-38/h5-12,16-17,21,30,38H,1-4,13-15,29H2,(H,31,37)(H,34,36)(H,32,33,35)/t21-/m1/s1. The highest BCUT2D eigenvalue weighted by molar-refractivity contribution is 7.14. The Morgan fingerprint density at radius 1 is 0.949 bits per heavy atom. The first-order valence-corrected chi connectivity index (χ1v) is 13.7. The van der Waals surface area contributed by atoms with Crippen molar-refractivity contribution in [2.75, 3.05) is 10.6 Å². The maximum Gasteiger partial charge on any atom is 0.243 e. The molecule has 2 aromatic heterocycles. The second kappa shape index (κ2) is 13.7. The van der Waals surface area contributed by atoms with Crippen molar-refractivity contribution in [2.45, 2.75) is 51.0 Å². The molecule has 0 saturated heterocycles. The van der Waals surface area contributed by atoms with Gasteiger partial charge in [0.1, 0.15) is 0 Å². The number of nitrogens with zero attached hydrogens (tertiary/aromatic N) is 1. The molecule has 0 unspecified atom stereocenters. The number of amides is 3. The van der Waals surface area contributed by atoms with E-state index in [1.807, 2.05) is 54.0 Å². The number of nitrogens with one attached hydrogen (secondary N) is 4. The Bertz CT molecular complexity index is 1430. The summed E-state index contributed by atoms with van der Waals surface area (Å²) < 4.78 is 0. The van der Waals surface area contributed by atoms with E-state index in [0.717, 1.165) is 34.9 Å². The van der Waals surface area contributed by atoms with E-state index in [-0.39, 0.29) is 18.2 Å². The molecule has 2 aromatic carbocycles. The molecule has 0 saturated carbocycles. The van der Waals surface area contributed by atoms with Crippen molar-refractivity contribution in [3.63, 3.8) is 0 Å². The molecule has 4 aromatic rings. The van der Waals surface area contributed by atoms with Crippen LogP contribution in [0.1, 0.15) is 44.1 Å². The summed E-state index contributed by atoms with van der Waals surface area (Å²) in [6.45, 7) is 0. The van der Waals surface area contributed by atoms with Gasteiger partial charge in [-0.25, -0.2) is 10.5 Å². The normalized spacial score (nSPS) is 11.7. The number of hydrogen-bond acceptors (Lipinski definition) is 7. The number of carbonyl (C=O) groups is 3. The first-order chi connectivity index (χ1) is 18.9. The quantitative estimate of drug-likeness (QED) is 0.0814. The van der Waals surface area contributed by atoms with Crippen LogP contribution in [0.25, 0.3) is 22.2 Å². The number of para-hydroxylation sites is 2. The van der Waals surface area contributed by atoms with Crippen LogP contribution >= 0.6 is 11.3 Å². The number of hydroxylamine groups is 1. The van der Waals surface area contributed by atoms with E-state index >= 15 is 0 Å². The summed E-state index contributed by atoms with van der Waals surface area (Å²) in [6.07, 6.45) is 5.86. The molecule has 4 rings (SSSR count). The number of hydrogen-bond donors (Lipinski definition) is 6. The highest BCUT2D eigenvalue weighted by atomic mass is 32.1. The van der Waals surface area contributed by atoms with Gasteiger partial charge in [0.15, 0.2) is 5.13 Å². The maximum absolute atomic E-state index is 13.0. The number of benzene rings is 2. The number of H-pyrrole nitrogens is 1. The van der Waals surface area contributed by atoms with Crippen LogP contribution in [0.2, 0.25) is 0 Å². The Balaban J connectivity index is 1.30. The molecule has 2 heterocycles. The van der Waals surface area contributed by atoms with Gasteiger partial charge in [0, 0.05) is 40.9 Å². The number of unbranched alkanes of at least 4 members (excludes halogenated alkanes) is 3. The topological polar surface area (TPSA) is 162 Å². The second-order valence-electron chi connectivity index (χ2n) is 9.24. The molecule has 3 amide bonds. The van der Waals surface area contributed by atoms with Crippen molar-refractivity contribution >= 4 is 50.8 Å². The number of nitrogens with two attached hydrogens (primary N) is 1. The van der Waals surface area contributed by atoms with Gasteiger partial charge in [-0.1, -0.05) is 49.2 Å². The molecule has 0 aliphatic carbocycles. The molecule has 11 heteroatoms. The summed E-state index contributed by atoms with van der Waals surface area (Å²) in [5, 5.41) is 17.6. The number of aromatic amines is 1. The Morgan fingerprint density at radius 2 is 1.67 bits per heavy atom. The van der Waals surface area contributed by atoms with Crippen LogP contribution < -0.4 is 21.8 Å². The number of anilines is 2. The van der Waals surface area contributed by atoms with Gasteiger partial charge in [0.05, 0.1) is 17.4 Å². The van der Waals surface area contributed by atoms with E-state index in [2.05, 4.69) is 20.6 Å². The lowest BCUT2D eigenvalue weighted by molar-refractivity contribution is -0.129. The van der Waals surface area contributed by atoms with E-state index in [9.17, 15) is 14.4 Å². The third-order valence-electron chi connectivity index (χ3n) is 6.35. The maximum atomic E-state index is 13.0. The second-order valence-corrected chi connectivity index (χ2v) is 10.1. The summed E-state index contributed by atoms with van der Waals surface area (Å²) in [7, 11) is 0. The molecule has 7 N–H and O–H groups in total. The van der Waals surface area contributed by atoms with Crippen molar-refractivity contribution in [2.24, 2.45) is 5.73 Å². The Morgan fingerprint density at radius 3 is 2.46 bits per heavy atom. The molecule has 10 nitrogen and oxygen atoms in total. The number of thiazole rings is 1. The predicted molar refractivity (Wildman–Crippen MR) is 152 cm³/mol. The van der Waals surface area contributed by atoms with Crippen LogP contribution in [0.4, 0.5) is 10.8 Å². The van der Waals surface area contributed by atoms with Crippen LogP contribution in [-0.4, -0.2) is 38.9 Å². The minimum atomic E-state index is -0.741. The van der Waals surface area contributed by atoms with Gasteiger partial charge in [0.25, 0.3) is 0 Å². The summed E-state index contributed by atoms with van der Waals surface area (Å²) in [5.41, 5.74) is 11.8. The molecule has 39 heavy (non-hydrogen) atoms. The summed E-state index contributed by atoms with van der Waals surface area (Å²) in [4.78, 5) is 44.1.